The Bertz CT molecular complexity index is 835. The summed E-state index contributed by atoms with van der Waals surface area (Å²) in [7, 11) is 4.14. The van der Waals surface area contributed by atoms with E-state index >= 15 is 0 Å². The van der Waals surface area contributed by atoms with Gasteiger partial charge in [-0.2, -0.15) is 5.10 Å². The zero-order valence-corrected chi connectivity index (χ0v) is 14.7. The first-order valence-electron chi connectivity index (χ1n) is 8.12. The van der Waals surface area contributed by atoms with Crippen LogP contribution < -0.4 is 0 Å². The Morgan fingerprint density at radius 1 is 1.08 bits per heavy atom. The predicted octanol–water partition coefficient (Wildman–Crippen LogP) is 3.19. The Morgan fingerprint density at radius 3 is 2.67 bits per heavy atom. The van der Waals surface area contributed by atoms with E-state index in [-0.39, 0.29) is 0 Å². The summed E-state index contributed by atoms with van der Waals surface area (Å²) in [5.74, 6) is 0. The molecule has 0 spiro atoms. The molecule has 0 aliphatic heterocycles. The molecule has 0 bridgehead atoms. The van der Waals surface area contributed by atoms with Gasteiger partial charge in [0.05, 0.1) is 29.3 Å². The number of likely N-dealkylation sites (N-methyl/N-ethyl adjacent to an activating group) is 1. The Hall–Kier alpha value is -2.53. The first-order chi connectivity index (χ1) is 11.5. The number of rotatable bonds is 5. The van der Waals surface area contributed by atoms with Crippen LogP contribution in [-0.4, -0.2) is 45.3 Å². The molecule has 0 aliphatic carbocycles. The average molecular weight is 321 g/mol. The monoisotopic (exact) mass is 321 g/mol. The average Bonchev–Trinajstić information content (AvgIpc) is 3.04. The van der Waals surface area contributed by atoms with Crippen LogP contribution in [0, 0.1) is 13.8 Å². The van der Waals surface area contributed by atoms with E-state index in [1.807, 2.05) is 30.8 Å². The van der Waals surface area contributed by atoms with E-state index in [4.69, 9.17) is 0 Å². The highest BCUT2D eigenvalue weighted by Gasteiger charge is 2.09. The molecule has 0 unspecified atom stereocenters. The summed E-state index contributed by atoms with van der Waals surface area (Å²) in [4.78, 5) is 11.2. The van der Waals surface area contributed by atoms with Gasteiger partial charge in [-0.05, 0) is 40.1 Å². The lowest BCUT2D eigenvalue weighted by atomic mass is 10.0. The number of benzene rings is 1. The normalized spacial score (nSPS) is 11.2. The zero-order valence-electron chi connectivity index (χ0n) is 14.7. The van der Waals surface area contributed by atoms with Gasteiger partial charge in [-0.1, -0.05) is 18.2 Å². The molecule has 0 saturated carbocycles. The number of nitrogens with zero attached hydrogens (tertiary/aromatic N) is 5. The van der Waals surface area contributed by atoms with Gasteiger partial charge < -0.3 is 4.90 Å². The second-order valence-electron chi connectivity index (χ2n) is 6.29. The van der Waals surface area contributed by atoms with Crippen LogP contribution in [0.1, 0.15) is 11.4 Å². The van der Waals surface area contributed by atoms with Crippen LogP contribution in [0.2, 0.25) is 0 Å². The summed E-state index contributed by atoms with van der Waals surface area (Å²) in [5.41, 5.74) is 5.95. The summed E-state index contributed by atoms with van der Waals surface area (Å²) < 4.78 is 1.99. The van der Waals surface area contributed by atoms with Gasteiger partial charge in [0, 0.05) is 30.1 Å². The largest absolute Gasteiger partial charge is 0.308 e. The minimum atomic E-state index is 0.884. The molecule has 0 aliphatic rings. The van der Waals surface area contributed by atoms with E-state index in [1.54, 1.807) is 6.20 Å². The number of aryl methyl sites for hydroxylation is 2. The molecular weight excluding hydrogens is 298 g/mol. The molecule has 5 nitrogen and oxygen atoms in total. The molecule has 1 aromatic carbocycles. The topological polar surface area (TPSA) is 46.8 Å². The smallest absolute Gasteiger partial charge is 0.0923 e. The lowest BCUT2D eigenvalue weighted by molar-refractivity contribution is 0.373. The lowest BCUT2D eigenvalue weighted by Crippen LogP contribution is -2.18. The quantitative estimate of drug-likeness (QED) is 0.724. The molecule has 5 heteroatoms. The Morgan fingerprint density at radius 2 is 1.88 bits per heavy atom. The van der Waals surface area contributed by atoms with Crippen LogP contribution in [0.25, 0.3) is 22.5 Å². The molecule has 0 radical (unpaired) electrons. The van der Waals surface area contributed by atoms with Crippen molar-refractivity contribution >= 4 is 0 Å². The SMILES string of the molecule is Cc1cnc(C)c(-c2cccc(-c3ccn(CCN(C)C)n3)c2)n1. The zero-order chi connectivity index (χ0) is 17.1. The fraction of sp³-hybridized carbons (Fsp3) is 0.316. The number of hydrogen-bond donors (Lipinski definition) is 0. The van der Waals surface area contributed by atoms with Gasteiger partial charge in [-0.15, -0.1) is 0 Å². The van der Waals surface area contributed by atoms with Gasteiger partial charge in [-0.25, -0.2) is 4.98 Å². The molecule has 0 saturated heterocycles. The molecule has 24 heavy (non-hydrogen) atoms. The summed E-state index contributed by atoms with van der Waals surface area (Å²) in [6.45, 7) is 5.81. The summed E-state index contributed by atoms with van der Waals surface area (Å²) in [5, 5.41) is 4.68. The van der Waals surface area contributed by atoms with Crippen molar-refractivity contribution in [3.63, 3.8) is 0 Å². The molecule has 0 fully saturated rings. The first kappa shape index (κ1) is 16.3. The summed E-state index contributed by atoms with van der Waals surface area (Å²) in [6, 6.07) is 10.4. The van der Waals surface area contributed by atoms with Gasteiger partial charge in [0.1, 0.15) is 0 Å². The van der Waals surface area contributed by atoms with Crippen LogP contribution in [0.4, 0.5) is 0 Å². The molecule has 0 amide bonds. The molecule has 2 aromatic heterocycles. The highest BCUT2D eigenvalue weighted by molar-refractivity contribution is 5.70. The summed E-state index contributed by atoms with van der Waals surface area (Å²) in [6.07, 6.45) is 3.83. The van der Waals surface area contributed by atoms with Crippen LogP contribution in [-0.2, 0) is 6.54 Å². The Labute approximate surface area is 143 Å². The predicted molar refractivity (Wildman–Crippen MR) is 96.7 cm³/mol. The third kappa shape index (κ3) is 3.68. The van der Waals surface area contributed by atoms with E-state index in [2.05, 4.69) is 58.3 Å². The first-order valence-corrected chi connectivity index (χ1v) is 8.12. The van der Waals surface area contributed by atoms with Gasteiger partial charge in [0.2, 0.25) is 0 Å². The highest BCUT2D eigenvalue weighted by Crippen LogP contribution is 2.25. The Balaban J connectivity index is 1.89. The molecule has 2 heterocycles. The van der Waals surface area contributed by atoms with Gasteiger partial charge in [-0.3, -0.25) is 9.67 Å². The molecule has 3 aromatic rings. The second kappa shape index (κ2) is 6.93. The third-order valence-electron chi connectivity index (χ3n) is 3.92. The molecular formula is C19H23N5. The van der Waals surface area contributed by atoms with Crippen molar-refractivity contribution in [2.45, 2.75) is 20.4 Å². The molecule has 3 rings (SSSR count). The van der Waals surface area contributed by atoms with Crippen molar-refractivity contribution in [2.24, 2.45) is 0 Å². The van der Waals surface area contributed by atoms with Crippen molar-refractivity contribution in [3.8, 4) is 22.5 Å². The van der Waals surface area contributed by atoms with E-state index in [0.717, 1.165) is 47.0 Å². The number of aromatic nitrogens is 4. The molecule has 124 valence electrons. The van der Waals surface area contributed by atoms with Crippen molar-refractivity contribution in [3.05, 3.63) is 54.1 Å². The molecule has 0 atom stereocenters. The highest BCUT2D eigenvalue weighted by atomic mass is 15.3. The van der Waals surface area contributed by atoms with Crippen molar-refractivity contribution in [2.75, 3.05) is 20.6 Å². The summed E-state index contributed by atoms with van der Waals surface area (Å²) >= 11 is 0. The van der Waals surface area contributed by atoms with Crippen molar-refractivity contribution in [1.82, 2.24) is 24.6 Å². The standard InChI is InChI=1S/C19H23N5/c1-14-13-20-15(2)19(21-14)17-7-5-6-16(12-17)18-8-9-24(22-18)11-10-23(3)4/h5-9,12-13H,10-11H2,1-4H3. The number of hydrogen-bond acceptors (Lipinski definition) is 4. The fourth-order valence-electron chi connectivity index (χ4n) is 2.58. The van der Waals surface area contributed by atoms with E-state index in [1.165, 1.54) is 0 Å². The third-order valence-corrected chi connectivity index (χ3v) is 3.92. The van der Waals surface area contributed by atoms with Crippen molar-refractivity contribution < 1.29 is 0 Å². The van der Waals surface area contributed by atoms with Gasteiger partial charge >= 0.3 is 0 Å². The van der Waals surface area contributed by atoms with E-state index < -0.39 is 0 Å². The maximum Gasteiger partial charge on any atom is 0.0923 e. The second-order valence-corrected chi connectivity index (χ2v) is 6.29. The van der Waals surface area contributed by atoms with Crippen LogP contribution in [0.15, 0.2) is 42.7 Å². The van der Waals surface area contributed by atoms with Gasteiger partial charge in [0.15, 0.2) is 0 Å². The maximum atomic E-state index is 4.68. The van der Waals surface area contributed by atoms with E-state index in [9.17, 15) is 0 Å². The minimum absolute atomic E-state index is 0.884. The molecule has 0 N–H and O–H groups in total. The van der Waals surface area contributed by atoms with E-state index in [0.29, 0.717) is 0 Å². The van der Waals surface area contributed by atoms with Crippen LogP contribution in [0.3, 0.4) is 0 Å². The van der Waals surface area contributed by atoms with Crippen LogP contribution in [0.5, 0.6) is 0 Å². The minimum Gasteiger partial charge on any atom is -0.308 e. The lowest BCUT2D eigenvalue weighted by Gasteiger charge is -2.09. The van der Waals surface area contributed by atoms with Crippen molar-refractivity contribution in [1.29, 1.82) is 0 Å². The maximum absolute atomic E-state index is 4.68. The van der Waals surface area contributed by atoms with Gasteiger partial charge in [0.25, 0.3) is 0 Å². The Kier molecular flexibility index (Phi) is 4.71. The van der Waals surface area contributed by atoms with Crippen LogP contribution >= 0.6 is 0 Å². The fourth-order valence-corrected chi connectivity index (χ4v) is 2.58.